The lowest BCUT2D eigenvalue weighted by atomic mass is 9.93. The summed E-state index contributed by atoms with van der Waals surface area (Å²) >= 11 is 0. The van der Waals surface area contributed by atoms with Crippen LogP contribution in [0.25, 0.3) is 0 Å². The van der Waals surface area contributed by atoms with Crippen molar-refractivity contribution in [1.29, 1.82) is 0 Å². The molecule has 1 saturated heterocycles. The van der Waals surface area contributed by atoms with E-state index in [4.69, 9.17) is 9.47 Å². The summed E-state index contributed by atoms with van der Waals surface area (Å²) in [5.41, 5.74) is 2.59. The molecule has 1 aliphatic heterocycles. The van der Waals surface area contributed by atoms with Crippen LogP contribution in [0.15, 0.2) is 18.2 Å². The molecule has 1 fully saturated rings. The Kier molecular flexibility index (Phi) is 3.72. The number of aryl methyl sites for hydroxylation is 1. The molecule has 0 aromatic heterocycles. The first-order chi connectivity index (χ1) is 8.15. The Bertz CT molecular complexity index is 387. The van der Waals surface area contributed by atoms with Crippen LogP contribution in [0.5, 0.6) is 5.75 Å². The lowest BCUT2D eigenvalue weighted by Gasteiger charge is -2.15. The van der Waals surface area contributed by atoms with Crippen molar-refractivity contribution in [2.45, 2.75) is 51.7 Å². The first-order valence-corrected chi connectivity index (χ1v) is 6.45. The number of hydrogen-bond donors (Lipinski definition) is 0. The summed E-state index contributed by atoms with van der Waals surface area (Å²) in [6.45, 7) is 6.56. The van der Waals surface area contributed by atoms with Crippen LogP contribution >= 0.6 is 0 Å². The van der Waals surface area contributed by atoms with E-state index in [0.717, 1.165) is 18.6 Å². The SMILES string of the molecule is CCC1OC1CC(C)c1cc(C)ccc1OC. The van der Waals surface area contributed by atoms with E-state index in [-0.39, 0.29) is 0 Å². The van der Waals surface area contributed by atoms with E-state index < -0.39 is 0 Å². The monoisotopic (exact) mass is 234 g/mol. The van der Waals surface area contributed by atoms with Crippen LogP contribution in [0.4, 0.5) is 0 Å². The molecular weight excluding hydrogens is 212 g/mol. The van der Waals surface area contributed by atoms with Crippen molar-refractivity contribution in [2.24, 2.45) is 0 Å². The first kappa shape index (κ1) is 12.4. The molecule has 1 aromatic rings. The topological polar surface area (TPSA) is 21.8 Å². The fourth-order valence-electron chi connectivity index (χ4n) is 2.46. The molecule has 0 spiro atoms. The molecule has 0 bridgehead atoms. The van der Waals surface area contributed by atoms with Gasteiger partial charge in [0.05, 0.1) is 19.3 Å². The Labute approximate surface area is 104 Å². The Balaban J connectivity index is 2.07. The molecule has 2 rings (SSSR count). The normalized spacial score (nSPS) is 24.5. The molecule has 1 aromatic carbocycles. The highest BCUT2D eigenvalue weighted by Gasteiger charge is 2.38. The van der Waals surface area contributed by atoms with Gasteiger partial charge in [-0.2, -0.15) is 0 Å². The van der Waals surface area contributed by atoms with Gasteiger partial charge >= 0.3 is 0 Å². The third kappa shape index (κ3) is 2.81. The maximum Gasteiger partial charge on any atom is 0.122 e. The molecule has 0 aliphatic carbocycles. The number of rotatable bonds is 5. The predicted molar refractivity (Wildman–Crippen MR) is 69.7 cm³/mol. The van der Waals surface area contributed by atoms with Crippen molar-refractivity contribution in [3.8, 4) is 5.75 Å². The van der Waals surface area contributed by atoms with Crippen molar-refractivity contribution in [3.05, 3.63) is 29.3 Å². The maximum atomic E-state index is 5.62. The minimum absolute atomic E-state index is 0.459. The van der Waals surface area contributed by atoms with Gasteiger partial charge in [0.15, 0.2) is 0 Å². The Hall–Kier alpha value is -1.02. The van der Waals surface area contributed by atoms with Gasteiger partial charge in [-0.05, 0) is 37.3 Å². The molecule has 2 nitrogen and oxygen atoms in total. The average molecular weight is 234 g/mol. The summed E-state index contributed by atoms with van der Waals surface area (Å²) in [7, 11) is 1.74. The summed E-state index contributed by atoms with van der Waals surface area (Å²) < 4.78 is 11.1. The van der Waals surface area contributed by atoms with E-state index in [1.54, 1.807) is 7.11 Å². The molecule has 0 amide bonds. The summed E-state index contributed by atoms with van der Waals surface area (Å²) in [4.78, 5) is 0. The van der Waals surface area contributed by atoms with Gasteiger partial charge in [0.2, 0.25) is 0 Å². The van der Waals surface area contributed by atoms with Gasteiger partial charge in [-0.25, -0.2) is 0 Å². The van der Waals surface area contributed by atoms with E-state index in [1.165, 1.54) is 11.1 Å². The molecule has 0 N–H and O–H groups in total. The van der Waals surface area contributed by atoms with Gasteiger partial charge in [-0.15, -0.1) is 0 Å². The minimum Gasteiger partial charge on any atom is -0.496 e. The summed E-state index contributed by atoms with van der Waals surface area (Å²) in [5.74, 6) is 1.49. The van der Waals surface area contributed by atoms with E-state index in [1.807, 2.05) is 0 Å². The van der Waals surface area contributed by atoms with E-state index in [0.29, 0.717) is 18.1 Å². The minimum atomic E-state index is 0.459. The number of benzene rings is 1. The molecular formula is C15H22O2. The largest absolute Gasteiger partial charge is 0.496 e. The van der Waals surface area contributed by atoms with Gasteiger partial charge in [0, 0.05) is 0 Å². The lowest BCUT2D eigenvalue weighted by Crippen LogP contribution is -2.03. The van der Waals surface area contributed by atoms with Gasteiger partial charge < -0.3 is 9.47 Å². The Morgan fingerprint density at radius 2 is 2.12 bits per heavy atom. The predicted octanol–water partition coefficient (Wildman–Crippen LogP) is 3.67. The third-order valence-electron chi connectivity index (χ3n) is 3.59. The highest BCUT2D eigenvalue weighted by molar-refractivity contribution is 5.39. The lowest BCUT2D eigenvalue weighted by molar-refractivity contribution is 0.350. The molecule has 0 saturated carbocycles. The van der Waals surface area contributed by atoms with Crippen LogP contribution in [0.1, 0.15) is 43.7 Å². The molecule has 2 heteroatoms. The highest BCUT2D eigenvalue weighted by Crippen LogP contribution is 2.37. The first-order valence-electron chi connectivity index (χ1n) is 6.45. The quantitative estimate of drug-likeness (QED) is 0.725. The van der Waals surface area contributed by atoms with Crippen LogP contribution in [0, 0.1) is 6.92 Å². The zero-order valence-electron chi connectivity index (χ0n) is 11.2. The number of hydrogen-bond acceptors (Lipinski definition) is 2. The van der Waals surface area contributed by atoms with Crippen molar-refractivity contribution >= 4 is 0 Å². The third-order valence-corrected chi connectivity index (χ3v) is 3.59. The van der Waals surface area contributed by atoms with Crippen molar-refractivity contribution in [1.82, 2.24) is 0 Å². The number of methoxy groups -OCH3 is 1. The zero-order chi connectivity index (χ0) is 12.4. The van der Waals surface area contributed by atoms with E-state index in [2.05, 4.69) is 39.0 Å². The molecule has 3 atom stereocenters. The molecule has 17 heavy (non-hydrogen) atoms. The van der Waals surface area contributed by atoms with Crippen LogP contribution < -0.4 is 4.74 Å². The van der Waals surface area contributed by atoms with Gasteiger partial charge in [0.25, 0.3) is 0 Å². The highest BCUT2D eigenvalue weighted by atomic mass is 16.6. The molecule has 3 unspecified atom stereocenters. The second-order valence-corrected chi connectivity index (χ2v) is 5.00. The Morgan fingerprint density at radius 1 is 1.35 bits per heavy atom. The maximum absolute atomic E-state index is 5.62. The van der Waals surface area contributed by atoms with Crippen molar-refractivity contribution in [3.63, 3.8) is 0 Å². The molecule has 1 heterocycles. The standard InChI is InChI=1S/C15H22O2/c1-5-13-15(17-13)9-11(3)12-8-10(2)6-7-14(12)16-4/h6-8,11,13,15H,5,9H2,1-4H3. The second kappa shape index (κ2) is 5.09. The summed E-state index contributed by atoms with van der Waals surface area (Å²) in [6, 6.07) is 6.39. The van der Waals surface area contributed by atoms with Crippen molar-refractivity contribution < 1.29 is 9.47 Å². The van der Waals surface area contributed by atoms with E-state index >= 15 is 0 Å². The molecule has 1 aliphatic rings. The van der Waals surface area contributed by atoms with Crippen LogP contribution in [-0.2, 0) is 4.74 Å². The van der Waals surface area contributed by atoms with Crippen LogP contribution in [-0.4, -0.2) is 19.3 Å². The van der Waals surface area contributed by atoms with Gasteiger partial charge in [-0.3, -0.25) is 0 Å². The second-order valence-electron chi connectivity index (χ2n) is 5.00. The van der Waals surface area contributed by atoms with E-state index in [9.17, 15) is 0 Å². The average Bonchev–Trinajstić information content (AvgIpc) is 3.07. The van der Waals surface area contributed by atoms with Crippen LogP contribution in [0.3, 0.4) is 0 Å². The molecule has 94 valence electrons. The fourth-order valence-corrected chi connectivity index (χ4v) is 2.46. The van der Waals surface area contributed by atoms with Crippen LogP contribution in [0.2, 0.25) is 0 Å². The number of ether oxygens (including phenoxy) is 2. The summed E-state index contributed by atoms with van der Waals surface area (Å²) in [5, 5.41) is 0. The molecule has 0 radical (unpaired) electrons. The fraction of sp³-hybridized carbons (Fsp3) is 0.600. The number of epoxide rings is 1. The Morgan fingerprint density at radius 3 is 2.71 bits per heavy atom. The van der Waals surface area contributed by atoms with Crippen molar-refractivity contribution in [2.75, 3.05) is 7.11 Å². The summed E-state index contributed by atoms with van der Waals surface area (Å²) in [6.07, 6.45) is 3.18. The van der Waals surface area contributed by atoms with Gasteiger partial charge in [0.1, 0.15) is 5.75 Å². The van der Waals surface area contributed by atoms with Gasteiger partial charge in [-0.1, -0.05) is 31.5 Å². The smallest absolute Gasteiger partial charge is 0.122 e. The zero-order valence-corrected chi connectivity index (χ0v) is 11.2.